The van der Waals surface area contributed by atoms with E-state index in [-0.39, 0.29) is 0 Å². The summed E-state index contributed by atoms with van der Waals surface area (Å²) in [6.07, 6.45) is 7.24. The summed E-state index contributed by atoms with van der Waals surface area (Å²) in [6.45, 7) is 0. The van der Waals surface area contributed by atoms with Crippen LogP contribution in [0.5, 0.6) is 0 Å². The first-order chi connectivity index (χ1) is 6.27. The largest absolute Gasteiger partial charge is 0.320 e. The lowest BCUT2D eigenvalue weighted by Gasteiger charge is -2.04. The highest BCUT2D eigenvalue weighted by molar-refractivity contribution is 5.43. The lowest BCUT2D eigenvalue weighted by atomic mass is 10.8. The minimum Gasteiger partial charge on any atom is -0.320 e. The van der Waals surface area contributed by atoms with Gasteiger partial charge in [-0.05, 0) is 0 Å². The van der Waals surface area contributed by atoms with Crippen LogP contribution in [0.2, 0.25) is 0 Å². The number of imidazole rings is 2. The average Bonchev–Trinajstić information content (AvgIpc) is 2.65. The molecule has 0 bridgehead atoms. The van der Waals surface area contributed by atoms with Gasteiger partial charge in [-0.25, -0.2) is 9.97 Å². The molecule has 1 N–H and O–H groups in total. The number of nitrogens with zero attached hydrogens (tertiary/aromatic N) is 4. The molecule has 5 nitrogen and oxygen atoms in total. The number of nitrogens with one attached hydrogen (secondary N) is 1. The molecule has 2 aromatic rings. The summed E-state index contributed by atoms with van der Waals surface area (Å²) >= 11 is 0. The maximum Gasteiger partial charge on any atom is 0.209 e. The van der Waals surface area contributed by atoms with Gasteiger partial charge >= 0.3 is 0 Å². The summed E-state index contributed by atoms with van der Waals surface area (Å²) in [5.41, 5.74) is 0. The minimum atomic E-state index is 0.786. The summed E-state index contributed by atoms with van der Waals surface area (Å²) < 4.78 is 3.80. The number of hydrogen-bond acceptors (Lipinski definition) is 3. The van der Waals surface area contributed by atoms with E-state index in [1.165, 1.54) is 0 Å². The van der Waals surface area contributed by atoms with Gasteiger partial charge in [-0.3, -0.25) is 5.32 Å². The van der Waals surface area contributed by atoms with Crippen LogP contribution in [0, 0.1) is 0 Å². The van der Waals surface area contributed by atoms with E-state index in [0.29, 0.717) is 0 Å². The van der Waals surface area contributed by atoms with Gasteiger partial charge in [-0.1, -0.05) is 0 Å². The Labute approximate surface area is 76.0 Å². The molecule has 0 saturated heterocycles. The molecule has 0 radical (unpaired) electrons. The molecule has 0 aliphatic carbocycles. The summed E-state index contributed by atoms with van der Waals surface area (Å²) in [5, 5.41) is 3.10. The third-order valence-corrected chi connectivity index (χ3v) is 1.87. The third-order valence-electron chi connectivity index (χ3n) is 1.87. The van der Waals surface area contributed by atoms with Crippen molar-refractivity contribution in [3.05, 3.63) is 24.8 Å². The van der Waals surface area contributed by atoms with Crippen molar-refractivity contribution in [2.24, 2.45) is 14.1 Å². The number of rotatable bonds is 2. The second kappa shape index (κ2) is 2.93. The second-order valence-electron chi connectivity index (χ2n) is 2.85. The molecule has 0 spiro atoms. The monoisotopic (exact) mass is 177 g/mol. The SMILES string of the molecule is Cn1ccnc1Nc1nccn1C. The van der Waals surface area contributed by atoms with E-state index < -0.39 is 0 Å². The van der Waals surface area contributed by atoms with E-state index in [2.05, 4.69) is 15.3 Å². The lowest BCUT2D eigenvalue weighted by molar-refractivity contribution is 0.889. The maximum absolute atomic E-state index is 4.13. The van der Waals surface area contributed by atoms with Crippen molar-refractivity contribution in [1.82, 2.24) is 19.1 Å². The Bertz CT molecular complexity index is 362. The normalized spacial score (nSPS) is 10.3. The van der Waals surface area contributed by atoms with Crippen LogP contribution in [0.25, 0.3) is 0 Å². The first-order valence-corrected chi connectivity index (χ1v) is 3.99. The second-order valence-corrected chi connectivity index (χ2v) is 2.85. The lowest BCUT2D eigenvalue weighted by Crippen LogP contribution is -2.03. The predicted molar refractivity (Wildman–Crippen MR) is 49.7 cm³/mol. The molecule has 0 atom stereocenters. The molecule has 2 heterocycles. The Balaban J connectivity index is 2.24. The fourth-order valence-corrected chi connectivity index (χ4v) is 1.07. The molecule has 0 amide bonds. The van der Waals surface area contributed by atoms with Crippen molar-refractivity contribution in [3.63, 3.8) is 0 Å². The van der Waals surface area contributed by atoms with Crippen molar-refractivity contribution >= 4 is 11.9 Å². The van der Waals surface area contributed by atoms with Crippen LogP contribution < -0.4 is 5.32 Å². The Morgan fingerprint density at radius 3 is 1.77 bits per heavy atom. The van der Waals surface area contributed by atoms with Crippen LogP contribution in [-0.2, 0) is 14.1 Å². The van der Waals surface area contributed by atoms with Gasteiger partial charge in [-0.2, -0.15) is 0 Å². The molecular formula is C8H11N5. The number of hydrogen-bond donors (Lipinski definition) is 1. The molecule has 68 valence electrons. The van der Waals surface area contributed by atoms with Crippen molar-refractivity contribution in [3.8, 4) is 0 Å². The summed E-state index contributed by atoms with van der Waals surface area (Å²) in [7, 11) is 3.86. The predicted octanol–water partition coefficient (Wildman–Crippen LogP) is 0.897. The smallest absolute Gasteiger partial charge is 0.209 e. The van der Waals surface area contributed by atoms with E-state index in [1.807, 2.05) is 35.6 Å². The average molecular weight is 177 g/mol. The van der Waals surface area contributed by atoms with Gasteiger partial charge in [0.1, 0.15) is 0 Å². The van der Waals surface area contributed by atoms with Gasteiger partial charge in [0.15, 0.2) is 0 Å². The zero-order valence-corrected chi connectivity index (χ0v) is 7.60. The molecule has 0 fully saturated rings. The van der Waals surface area contributed by atoms with Crippen LogP contribution in [0.1, 0.15) is 0 Å². The van der Waals surface area contributed by atoms with E-state index in [0.717, 1.165) is 11.9 Å². The molecule has 2 rings (SSSR count). The highest BCUT2D eigenvalue weighted by Crippen LogP contribution is 2.09. The summed E-state index contributed by atoms with van der Waals surface area (Å²) in [5.74, 6) is 1.57. The first kappa shape index (κ1) is 7.85. The van der Waals surface area contributed by atoms with Crippen molar-refractivity contribution in [2.75, 3.05) is 5.32 Å². The Kier molecular flexibility index (Phi) is 1.77. The van der Waals surface area contributed by atoms with Gasteiger partial charge < -0.3 is 9.13 Å². The summed E-state index contributed by atoms with van der Waals surface area (Å²) in [6, 6.07) is 0. The topological polar surface area (TPSA) is 47.7 Å². The van der Waals surface area contributed by atoms with E-state index in [4.69, 9.17) is 0 Å². The zero-order chi connectivity index (χ0) is 9.26. The van der Waals surface area contributed by atoms with Crippen LogP contribution in [-0.4, -0.2) is 19.1 Å². The molecule has 0 aliphatic heterocycles. The molecule has 2 aromatic heterocycles. The number of aromatic nitrogens is 4. The fourth-order valence-electron chi connectivity index (χ4n) is 1.07. The number of aryl methyl sites for hydroxylation is 2. The third kappa shape index (κ3) is 1.40. The van der Waals surface area contributed by atoms with E-state index in [9.17, 15) is 0 Å². The van der Waals surface area contributed by atoms with E-state index >= 15 is 0 Å². The Morgan fingerprint density at radius 1 is 1.00 bits per heavy atom. The van der Waals surface area contributed by atoms with E-state index in [1.54, 1.807) is 12.4 Å². The summed E-state index contributed by atoms with van der Waals surface area (Å²) in [4.78, 5) is 8.26. The highest BCUT2D eigenvalue weighted by atomic mass is 15.3. The van der Waals surface area contributed by atoms with Gasteiger partial charge in [0.2, 0.25) is 11.9 Å². The Hall–Kier alpha value is -1.78. The van der Waals surface area contributed by atoms with Gasteiger partial charge in [0.05, 0.1) is 0 Å². The molecule has 13 heavy (non-hydrogen) atoms. The van der Waals surface area contributed by atoms with Crippen LogP contribution in [0.15, 0.2) is 24.8 Å². The zero-order valence-electron chi connectivity index (χ0n) is 7.60. The van der Waals surface area contributed by atoms with Crippen LogP contribution in [0.3, 0.4) is 0 Å². The van der Waals surface area contributed by atoms with Gasteiger partial charge in [-0.15, -0.1) is 0 Å². The van der Waals surface area contributed by atoms with Crippen molar-refractivity contribution in [2.45, 2.75) is 0 Å². The standard InChI is InChI=1S/C8H11N5/c1-12-5-3-9-7(12)11-8-10-4-6-13(8)2/h3-6H,1-2H3,(H,9,10,11). The van der Waals surface area contributed by atoms with Gasteiger partial charge in [0.25, 0.3) is 0 Å². The maximum atomic E-state index is 4.13. The molecule has 0 saturated carbocycles. The Morgan fingerprint density at radius 2 is 1.46 bits per heavy atom. The van der Waals surface area contributed by atoms with Crippen LogP contribution in [0.4, 0.5) is 11.9 Å². The van der Waals surface area contributed by atoms with Gasteiger partial charge in [0, 0.05) is 38.9 Å². The molecule has 5 heteroatoms. The quantitative estimate of drug-likeness (QED) is 0.741. The highest BCUT2D eigenvalue weighted by Gasteiger charge is 2.02. The first-order valence-electron chi connectivity index (χ1n) is 3.99. The molecule has 0 aromatic carbocycles. The molecular weight excluding hydrogens is 166 g/mol. The minimum absolute atomic E-state index is 0.786. The van der Waals surface area contributed by atoms with Crippen molar-refractivity contribution in [1.29, 1.82) is 0 Å². The number of anilines is 2. The fraction of sp³-hybridized carbons (Fsp3) is 0.250. The van der Waals surface area contributed by atoms with Crippen LogP contribution >= 0.6 is 0 Å². The molecule has 0 aliphatic rings. The molecule has 0 unspecified atom stereocenters. The van der Waals surface area contributed by atoms with Crippen molar-refractivity contribution < 1.29 is 0 Å².